The fourth-order valence-electron chi connectivity index (χ4n) is 5.23. The molecule has 11 heteroatoms. The van der Waals surface area contributed by atoms with Crippen molar-refractivity contribution in [3.63, 3.8) is 0 Å². The summed E-state index contributed by atoms with van der Waals surface area (Å²) in [5.74, 6) is 0. The molecule has 48 heavy (non-hydrogen) atoms. The van der Waals surface area contributed by atoms with Crippen LogP contribution in [0.25, 0.3) is 35.4 Å². The number of hydrogen-bond donors (Lipinski definition) is 4. The quantitative estimate of drug-likeness (QED) is 0.0644. The molecule has 0 saturated heterocycles. The third kappa shape index (κ3) is 9.58. The van der Waals surface area contributed by atoms with Crippen LogP contribution in [0.3, 0.4) is 0 Å². The van der Waals surface area contributed by atoms with Crippen molar-refractivity contribution < 1.29 is 36.6 Å². The van der Waals surface area contributed by atoms with Crippen molar-refractivity contribution >= 4 is 35.9 Å². The molecule has 0 atom stereocenters. The SMILES string of the molecule is Cc1c(/C=C/c2cc(CNCCO)ccc2C(F)(F)F)cccc1-c1cccc(/C=C/c2cc(CNCCO)ccc2C(F)(F)F)c1Cl. The summed E-state index contributed by atoms with van der Waals surface area (Å²) in [5.41, 5.74) is 2.82. The van der Waals surface area contributed by atoms with Gasteiger partial charge in [0.15, 0.2) is 0 Å². The molecule has 4 nitrogen and oxygen atoms in total. The van der Waals surface area contributed by atoms with Crippen LogP contribution in [0.2, 0.25) is 5.02 Å². The van der Waals surface area contributed by atoms with Gasteiger partial charge in [0.2, 0.25) is 0 Å². The van der Waals surface area contributed by atoms with Crippen molar-refractivity contribution in [2.45, 2.75) is 32.4 Å². The van der Waals surface area contributed by atoms with E-state index in [0.29, 0.717) is 58.0 Å². The summed E-state index contributed by atoms with van der Waals surface area (Å²) in [6, 6.07) is 18.3. The molecule has 0 amide bonds. The third-order valence-electron chi connectivity index (χ3n) is 7.66. The standard InChI is InChI=1S/C37H35ClF6N2O2/c1-24-27(10-12-29-20-25(22-45-16-18-47)8-14-33(29)36(39,40)41)4-2-6-31(24)32-7-3-5-28(35(32)38)11-13-30-21-26(23-46-17-19-48)9-15-34(30)37(42,43)44/h2-15,20-21,45-48H,16-19,22-23H2,1H3/b12-10+,13-11+. The molecule has 254 valence electrons. The fraction of sp³-hybridized carbons (Fsp3) is 0.243. The molecular weight excluding hydrogens is 654 g/mol. The molecule has 0 radical (unpaired) electrons. The third-order valence-corrected chi connectivity index (χ3v) is 8.08. The zero-order chi connectivity index (χ0) is 34.9. The summed E-state index contributed by atoms with van der Waals surface area (Å²) in [5, 5.41) is 24.2. The second-order valence-electron chi connectivity index (χ2n) is 11.0. The zero-order valence-corrected chi connectivity index (χ0v) is 26.8. The number of aliphatic hydroxyl groups is 2. The van der Waals surface area contributed by atoms with Gasteiger partial charge in [-0.3, -0.25) is 0 Å². The lowest BCUT2D eigenvalue weighted by Gasteiger charge is -2.14. The van der Waals surface area contributed by atoms with E-state index < -0.39 is 23.5 Å². The van der Waals surface area contributed by atoms with Gasteiger partial charge in [0.05, 0.1) is 29.4 Å². The summed E-state index contributed by atoms with van der Waals surface area (Å²) < 4.78 is 82.9. The van der Waals surface area contributed by atoms with Gasteiger partial charge >= 0.3 is 12.4 Å². The van der Waals surface area contributed by atoms with E-state index in [1.807, 2.05) is 13.0 Å². The Balaban J connectivity index is 1.67. The number of hydrogen-bond acceptors (Lipinski definition) is 4. The Hall–Kier alpha value is -3.93. The minimum atomic E-state index is -4.58. The van der Waals surface area contributed by atoms with Crippen LogP contribution >= 0.6 is 11.6 Å². The van der Waals surface area contributed by atoms with Crippen LogP contribution in [0.5, 0.6) is 0 Å². The van der Waals surface area contributed by atoms with Gasteiger partial charge in [0.1, 0.15) is 0 Å². The maximum atomic E-state index is 13.8. The Kier molecular flexibility index (Phi) is 12.6. The average molecular weight is 689 g/mol. The molecule has 0 aliphatic heterocycles. The lowest BCUT2D eigenvalue weighted by Crippen LogP contribution is -2.18. The first kappa shape index (κ1) is 36.9. The van der Waals surface area contributed by atoms with Crippen molar-refractivity contribution in [3.8, 4) is 11.1 Å². The van der Waals surface area contributed by atoms with E-state index >= 15 is 0 Å². The molecule has 0 fully saturated rings. The first-order chi connectivity index (χ1) is 22.8. The molecule has 4 rings (SSSR count). The average Bonchev–Trinajstić information content (AvgIpc) is 3.03. The first-order valence-corrected chi connectivity index (χ1v) is 15.5. The lowest BCUT2D eigenvalue weighted by molar-refractivity contribution is -0.138. The van der Waals surface area contributed by atoms with Crippen LogP contribution in [0.15, 0.2) is 72.8 Å². The minimum Gasteiger partial charge on any atom is -0.395 e. The summed E-state index contributed by atoms with van der Waals surface area (Å²) in [7, 11) is 0. The number of aliphatic hydroxyl groups excluding tert-OH is 2. The van der Waals surface area contributed by atoms with Gasteiger partial charge in [-0.05, 0) is 75.7 Å². The van der Waals surface area contributed by atoms with Crippen molar-refractivity contribution in [2.24, 2.45) is 0 Å². The molecule has 4 aromatic rings. The van der Waals surface area contributed by atoms with E-state index in [9.17, 15) is 26.3 Å². The molecular formula is C37H35ClF6N2O2. The van der Waals surface area contributed by atoms with Gasteiger partial charge in [-0.1, -0.05) is 84.4 Å². The number of benzene rings is 4. The van der Waals surface area contributed by atoms with E-state index in [0.717, 1.165) is 17.7 Å². The highest BCUT2D eigenvalue weighted by atomic mass is 35.5. The topological polar surface area (TPSA) is 64.5 Å². The number of nitrogens with one attached hydrogen (secondary N) is 2. The van der Waals surface area contributed by atoms with Gasteiger partial charge in [-0.2, -0.15) is 26.3 Å². The first-order valence-electron chi connectivity index (χ1n) is 15.1. The van der Waals surface area contributed by atoms with Gasteiger partial charge in [0, 0.05) is 31.7 Å². The monoisotopic (exact) mass is 688 g/mol. The molecule has 0 aliphatic rings. The van der Waals surface area contributed by atoms with Crippen LogP contribution in [-0.2, 0) is 25.4 Å². The summed E-state index contributed by atoms with van der Waals surface area (Å²) in [6.45, 7) is 2.81. The Morgan fingerprint density at radius 1 is 0.604 bits per heavy atom. The summed E-state index contributed by atoms with van der Waals surface area (Å²) >= 11 is 6.82. The molecule has 0 heterocycles. The largest absolute Gasteiger partial charge is 0.416 e. The molecule has 4 N–H and O–H groups in total. The molecule has 0 aliphatic carbocycles. The minimum absolute atomic E-state index is 0.00718. The maximum absolute atomic E-state index is 13.8. The van der Waals surface area contributed by atoms with Gasteiger partial charge in [-0.15, -0.1) is 0 Å². The number of alkyl halides is 6. The molecule has 0 spiro atoms. The van der Waals surface area contributed by atoms with E-state index in [-0.39, 0.29) is 30.9 Å². The Labute approximate surface area is 280 Å². The molecule has 0 aromatic heterocycles. The van der Waals surface area contributed by atoms with Crippen LogP contribution in [0, 0.1) is 6.92 Å². The van der Waals surface area contributed by atoms with Crippen LogP contribution in [0.4, 0.5) is 26.3 Å². The lowest BCUT2D eigenvalue weighted by atomic mass is 9.94. The normalized spacial score (nSPS) is 12.5. The van der Waals surface area contributed by atoms with Gasteiger partial charge in [-0.25, -0.2) is 0 Å². The van der Waals surface area contributed by atoms with Crippen molar-refractivity contribution in [2.75, 3.05) is 26.3 Å². The zero-order valence-electron chi connectivity index (χ0n) is 26.0. The highest BCUT2D eigenvalue weighted by molar-refractivity contribution is 6.35. The molecule has 0 unspecified atom stereocenters. The van der Waals surface area contributed by atoms with Crippen LogP contribution < -0.4 is 10.6 Å². The Morgan fingerprint density at radius 2 is 1.04 bits per heavy atom. The van der Waals surface area contributed by atoms with E-state index in [2.05, 4.69) is 10.6 Å². The van der Waals surface area contributed by atoms with E-state index in [1.54, 1.807) is 36.4 Å². The van der Waals surface area contributed by atoms with E-state index in [1.165, 1.54) is 42.5 Å². The highest BCUT2D eigenvalue weighted by Crippen LogP contribution is 2.38. The second-order valence-corrected chi connectivity index (χ2v) is 11.4. The van der Waals surface area contributed by atoms with E-state index in [4.69, 9.17) is 21.8 Å². The van der Waals surface area contributed by atoms with Crippen LogP contribution in [0.1, 0.15) is 50.1 Å². The predicted octanol–water partition coefficient (Wildman–Crippen LogP) is 8.86. The highest BCUT2D eigenvalue weighted by Gasteiger charge is 2.33. The molecule has 0 bridgehead atoms. The summed E-state index contributed by atoms with van der Waals surface area (Å²) in [6.07, 6.45) is -3.24. The predicted molar refractivity (Wildman–Crippen MR) is 180 cm³/mol. The molecule has 4 aromatic carbocycles. The summed E-state index contributed by atoms with van der Waals surface area (Å²) in [4.78, 5) is 0. The van der Waals surface area contributed by atoms with Crippen molar-refractivity contribution in [3.05, 3.63) is 128 Å². The van der Waals surface area contributed by atoms with Crippen molar-refractivity contribution in [1.29, 1.82) is 0 Å². The number of rotatable bonds is 13. The number of halogens is 7. The van der Waals surface area contributed by atoms with Gasteiger partial charge < -0.3 is 20.8 Å². The second kappa shape index (κ2) is 16.5. The van der Waals surface area contributed by atoms with Crippen molar-refractivity contribution in [1.82, 2.24) is 10.6 Å². The van der Waals surface area contributed by atoms with Gasteiger partial charge in [0.25, 0.3) is 0 Å². The smallest absolute Gasteiger partial charge is 0.395 e. The van der Waals surface area contributed by atoms with Crippen LogP contribution in [-0.4, -0.2) is 36.5 Å². The molecule has 0 saturated carbocycles. The Bertz CT molecular complexity index is 1640. The fourth-order valence-corrected chi connectivity index (χ4v) is 5.52. The maximum Gasteiger partial charge on any atom is 0.416 e. The Morgan fingerprint density at radius 3 is 1.52 bits per heavy atom.